The molecule has 0 aliphatic rings. The second kappa shape index (κ2) is 6.63. The van der Waals surface area contributed by atoms with E-state index in [0.29, 0.717) is 26.8 Å². The lowest BCUT2D eigenvalue weighted by Crippen LogP contribution is -2.20. The fraction of sp³-hybridized carbons (Fsp3) is 0.0588. The molecule has 23 heavy (non-hydrogen) atoms. The molecule has 0 unspecified atom stereocenters. The first-order valence-corrected chi connectivity index (χ1v) is 8.58. The predicted octanol–water partition coefficient (Wildman–Crippen LogP) is 5.02. The van der Waals surface area contributed by atoms with Crippen molar-refractivity contribution in [3.63, 3.8) is 0 Å². The zero-order chi connectivity index (χ0) is 16.6. The third kappa shape index (κ3) is 3.44. The highest BCUT2D eigenvalue weighted by Gasteiger charge is 2.07. The lowest BCUT2D eigenvalue weighted by Gasteiger charge is -2.06. The maximum atomic E-state index is 12.5. The third-order valence-electron chi connectivity index (χ3n) is 3.45. The zero-order valence-corrected chi connectivity index (χ0v) is 15.7. The molecule has 116 valence electrons. The summed E-state index contributed by atoms with van der Waals surface area (Å²) in [5.41, 5.74) is 1.42. The van der Waals surface area contributed by atoms with Crippen LogP contribution < -0.4 is 5.56 Å². The summed E-state index contributed by atoms with van der Waals surface area (Å²) in [7, 11) is 1.71. The van der Waals surface area contributed by atoms with Gasteiger partial charge in [0.1, 0.15) is 5.82 Å². The first-order valence-electron chi connectivity index (χ1n) is 6.75. The Morgan fingerprint density at radius 2 is 1.91 bits per heavy atom. The van der Waals surface area contributed by atoms with Crippen LogP contribution in [0.15, 0.2) is 41.2 Å². The first kappa shape index (κ1) is 16.5. The highest BCUT2D eigenvalue weighted by molar-refractivity contribution is 14.1. The quantitative estimate of drug-likeness (QED) is 0.507. The minimum Gasteiger partial charge on any atom is -0.296 e. The van der Waals surface area contributed by atoms with E-state index in [0.717, 1.165) is 9.13 Å². The van der Waals surface area contributed by atoms with Gasteiger partial charge in [-0.2, -0.15) is 0 Å². The Labute approximate surface area is 156 Å². The predicted molar refractivity (Wildman–Crippen MR) is 105 cm³/mol. The van der Waals surface area contributed by atoms with Gasteiger partial charge in [0.15, 0.2) is 0 Å². The van der Waals surface area contributed by atoms with Crippen molar-refractivity contribution in [1.29, 1.82) is 0 Å². The third-order valence-corrected chi connectivity index (χ3v) is 4.68. The highest BCUT2D eigenvalue weighted by Crippen LogP contribution is 2.22. The van der Waals surface area contributed by atoms with Crippen molar-refractivity contribution in [2.45, 2.75) is 0 Å². The summed E-state index contributed by atoms with van der Waals surface area (Å²) in [5.74, 6) is 0.565. The lowest BCUT2D eigenvalue weighted by molar-refractivity contribution is 0.828. The van der Waals surface area contributed by atoms with Crippen molar-refractivity contribution in [2.24, 2.45) is 7.05 Å². The van der Waals surface area contributed by atoms with E-state index < -0.39 is 0 Å². The molecule has 6 heteroatoms. The van der Waals surface area contributed by atoms with Gasteiger partial charge >= 0.3 is 0 Å². The van der Waals surface area contributed by atoms with Crippen LogP contribution in [0.25, 0.3) is 23.1 Å². The number of hydrogen-bond acceptors (Lipinski definition) is 2. The summed E-state index contributed by atoms with van der Waals surface area (Å²) in [6, 6.07) is 10.9. The van der Waals surface area contributed by atoms with Crippen molar-refractivity contribution < 1.29 is 0 Å². The molecule has 0 saturated heterocycles. The number of hydrogen-bond donors (Lipinski definition) is 0. The molecule has 0 fully saturated rings. The van der Waals surface area contributed by atoms with Crippen molar-refractivity contribution in [3.8, 4) is 0 Å². The molecule has 0 radical (unpaired) electrons. The van der Waals surface area contributed by atoms with Crippen LogP contribution >= 0.6 is 45.8 Å². The number of benzene rings is 2. The van der Waals surface area contributed by atoms with E-state index in [1.807, 2.05) is 30.3 Å². The smallest absolute Gasteiger partial charge is 0.261 e. The van der Waals surface area contributed by atoms with Crippen LogP contribution in [0.2, 0.25) is 10.0 Å². The maximum Gasteiger partial charge on any atom is 0.261 e. The van der Waals surface area contributed by atoms with Gasteiger partial charge in [0.2, 0.25) is 0 Å². The summed E-state index contributed by atoms with van der Waals surface area (Å²) >= 11 is 14.2. The molecule has 2 aromatic carbocycles. The maximum absolute atomic E-state index is 12.5. The molecule has 3 nitrogen and oxygen atoms in total. The van der Waals surface area contributed by atoms with Crippen LogP contribution in [0.4, 0.5) is 0 Å². The van der Waals surface area contributed by atoms with Crippen LogP contribution in [0.3, 0.4) is 0 Å². The van der Waals surface area contributed by atoms with E-state index in [4.69, 9.17) is 23.2 Å². The van der Waals surface area contributed by atoms with E-state index in [2.05, 4.69) is 27.6 Å². The molecule has 0 aliphatic heterocycles. The number of halogens is 3. The van der Waals surface area contributed by atoms with Gasteiger partial charge in [0.25, 0.3) is 5.56 Å². The van der Waals surface area contributed by atoms with Crippen LogP contribution in [0, 0.1) is 3.57 Å². The molecule has 0 N–H and O–H groups in total. The first-order chi connectivity index (χ1) is 11.0. The topological polar surface area (TPSA) is 34.9 Å². The highest BCUT2D eigenvalue weighted by atomic mass is 127. The van der Waals surface area contributed by atoms with Crippen LogP contribution in [0.1, 0.15) is 11.4 Å². The monoisotopic (exact) mass is 456 g/mol. The minimum atomic E-state index is -0.0737. The summed E-state index contributed by atoms with van der Waals surface area (Å²) in [5, 5.41) is 1.74. The largest absolute Gasteiger partial charge is 0.296 e. The van der Waals surface area contributed by atoms with E-state index in [-0.39, 0.29) is 5.56 Å². The van der Waals surface area contributed by atoms with Gasteiger partial charge in [0.05, 0.1) is 10.9 Å². The fourth-order valence-electron chi connectivity index (χ4n) is 2.21. The number of fused-ring (bicyclic) bond motifs is 1. The molecule has 0 aliphatic carbocycles. The molecule has 0 saturated carbocycles. The Morgan fingerprint density at radius 3 is 2.65 bits per heavy atom. The molecule has 1 aromatic heterocycles. The number of aromatic nitrogens is 2. The van der Waals surface area contributed by atoms with Gasteiger partial charge in [-0.15, -0.1) is 0 Å². The average molecular weight is 457 g/mol. The summed E-state index contributed by atoms with van der Waals surface area (Å²) in [4.78, 5) is 17.0. The molecule has 1 heterocycles. The zero-order valence-electron chi connectivity index (χ0n) is 12.1. The van der Waals surface area contributed by atoms with Gasteiger partial charge in [-0.25, -0.2) is 4.98 Å². The molecule has 3 aromatic rings. The Hall–Kier alpha value is -1.37. The SMILES string of the molecule is Cn1c(C=Cc2ccc(Cl)cc2Cl)nc2ccc(I)cc2c1=O. The van der Waals surface area contributed by atoms with Gasteiger partial charge < -0.3 is 0 Å². The molecule has 0 spiro atoms. The standard InChI is InChI=1S/C17H11Cl2IN2O/c1-22-16(7-3-10-2-4-11(18)8-14(10)19)21-15-6-5-12(20)9-13(15)17(22)23/h2-9H,1H3. The second-order valence-electron chi connectivity index (χ2n) is 4.99. The van der Waals surface area contributed by atoms with Crippen molar-refractivity contribution in [2.75, 3.05) is 0 Å². The molecule has 3 rings (SSSR count). The van der Waals surface area contributed by atoms with Crippen molar-refractivity contribution >= 4 is 68.8 Å². The van der Waals surface area contributed by atoms with Gasteiger partial charge in [-0.1, -0.05) is 29.3 Å². The molecule has 0 atom stereocenters. The molecular weight excluding hydrogens is 446 g/mol. The van der Waals surface area contributed by atoms with E-state index in [9.17, 15) is 4.79 Å². The van der Waals surface area contributed by atoms with Gasteiger partial charge in [0, 0.05) is 20.7 Å². The van der Waals surface area contributed by atoms with E-state index in [1.54, 1.807) is 25.3 Å². The molecule has 0 amide bonds. The minimum absolute atomic E-state index is 0.0737. The van der Waals surface area contributed by atoms with Crippen LogP contribution in [-0.2, 0) is 7.05 Å². The Kier molecular flexibility index (Phi) is 4.75. The number of rotatable bonds is 2. The van der Waals surface area contributed by atoms with Crippen molar-refractivity contribution in [1.82, 2.24) is 9.55 Å². The number of nitrogens with zero attached hydrogens (tertiary/aromatic N) is 2. The molecule has 0 bridgehead atoms. The Bertz CT molecular complexity index is 996. The van der Waals surface area contributed by atoms with E-state index in [1.165, 1.54) is 4.57 Å². The summed E-state index contributed by atoms with van der Waals surface area (Å²) < 4.78 is 2.53. The van der Waals surface area contributed by atoms with Gasteiger partial charge in [-0.3, -0.25) is 9.36 Å². The fourth-order valence-corrected chi connectivity index (χ4v) is 3.17. The summed E-state index contributed by atoms with van der Waals surface area (Å²) in [6.07, 6.45) is 3.59. The second-order valence-corrected chi connectivity index (χ2v) is 7.08. The van der Waals surface area contributed by atoms with Crippen LogP contribution in [-0.4, -0.2) is 9.55 Å². The normalized spacial score (nSPS) is 11.5. The summed E-state index contributed by atoms with van der Waals surface area (Å²) in [6.45, 7) is 0. The average Bonchev–Trinajstić information content (AvgIpc) is 2.51. The lowest BCUT2D eigenvalue weighted by atomic mass is 10.2. The Balaban J connectivity index is 2.10. The Morgan fingerprint density at radius 1 is 1.13 bits per heavy atom. The van der Waals surface area contributed by atoms with Crippen molar-refractivity contribution in [3.05, 3.63) is 71.8 Å². The van der Waals surface area contributed by atoms with Gasteiger partial charge in [-0.05, 0) is 70.6 Å². The van der Waals surface area contributed by atoms with E-state index >= 15 is 0 Å². The molecular formula is C17H11Cl2IN2O. The van der Waals surface area contributed by atoms with Crippen LogP contribution in [0.5, 0.6) is 0 Å².